The molecule has 1 heterocycles. The highest BCUT2D eigenvalue weighted by atomic mass is 32.2. The summed E-state index contributed by atoms with van der Waals surface area (Å²) in [5, 5.41) is 0.211. The van der Waals surface area contributed by atoms with Crippen LogP contribution >= 0.6 is 11.8 Å². The van der Waals surface area contributed by atoms with Crippen LogP contribution in [0.25, 0.3) is 0 Å². The van der Waals surface area contributed by atoms with E-state index in [-0.39, 0.29) is 17.1 Å². The molecule has 0 fully saturated rings. The summed E-state index contributed by atoms with van der Waals surface area (Å²) in [6.07, 6.45) is 1.56. The molecule has 1 unspecified atom stereocenters. The van der Waals surface area contributed by atoms with Crippen LogP contribution in [0.15, 0.2) is 15.9 Å². The molecule has 0 aliphatic rings. The number of carbonyl (C=O) groups excluding carboxylic acids is 1. The van der Waals surface area contributed by atoms with E-state index in [2.05, 4.69) is 10.4 Å². The predicted octanol–water partition coefficient (Wildman–Crippen LogP) is 1.09. The fraction of sp³-hybridized carbons (Fsp3) is 0.556. The molecule has 0 bridgehead atoms. The van der Waals surface area contributed by atoms with E-state index in [4.69, 9.17) is 10.3 Å². The van der Waals surface area contributed by atoms with Gasteiger partial charge in [-0.2, -0.15) is 0 Å². The number of thioether (sulfide) groups is 1. The lowest BCUT2D eigenvalue weighted by Crippen LogP contribution is -2.39. The van der Waals surface area contributed by atoms with Crippen molar-refractivity contribution in [2.24, 2.45) is 11.8 Å². The van der Waals surface area contributed by atoms with E-state index >= 15 is 0 Å². The van der Waals surface area contributed by atoms with Gasteiger partial charge in [-0.25, -0.2) is 10.8 Å². The van der Waals surface area contributed by atoms with Gasteiger partial charge in [-0.3, -0.25) is 10.2 Å². The zero-order valence-electron chi connectivity index (χ0n) is 8.98. The number of hydrogen-bond donors (Lipinski definition) is 2. The molecular weight excluding hydrogens is 214 g/mol. The Labute approximate surface area is 92.8 Å². The first-order chi connectivity index (χ1) is 7.04. The fourth-order valence-corrected chi connectivity index (χ4v) is 2.03. The molecule has 0 aromatic carbocycles. The summed E-state index contributed by atoms with van der Waals surface area (Å²) in [7, 11) is 0. The minimum Gasteiger partial charge on any atom is -0.440 e. The Morgan fingerprint density at radius 3 is 2.73 bits per heavy atom. The second-order valence-corrected chi connectivity index (χ2v) is 4.64. The summed E-state index contributed by atoms with van der Waals surface area (Å²) in [4.78, 5) is 15.6. The number of hydrazine groups is 1. The molecule has 0 saturated carbocycles. The minimum atomic E-state index is -0.284. The number of aromatic nitrogens is 1. The van der Waals surface area contributed by atoms with Gasteiger partial charge in [-0.1, -0.05) is 25.6 Å². The third kappa shape index (κ3) is 3.24. The van der Waals surface area contributed by atoms with Crippen molar-refractivity contribution in [2.45, 2.75) is 31.2 Å². The monoisotopic (exact) mass is 229 g/mol. The molecule has 15 heavy (non-hydrogen) atoms. The molecule has 0 spiro atoms. The third-order valence-corrected chi connectivity index (χ3v) is 3.23. The van der Waals surface area contributed by atoms with Crippen molar-refractivity contribution < 1.29 is 9.21 Å². The van der Waals surface area contributed by atoms with Gasteiger partial charge >= 0.3 is 0 Å². The van der Waals surface area contributed by atoms with E-state index in [1.54, 1.807) is 6.26 Å². The number of nitrogens with zero attached hydrogens (tertiary/aromatic N) is 1. The number of oxazole rings is 1. The molecule has 6 heteroatoms. The number of rotatable bonds is 4. The first-order valence-electron chi connectivity index (χ1n) is 4.64. The van der Waals surface area contributed by atoms with Gasteiger partial charge in [0.15, 0.2) is 0 Å². The van der Waals surface area contributed by atoms with Crippen molar-refractivity contribution in [1.82, 2.24) is 10.4 Å². The normalized spacial score (nSPS) is 12.9. The Morgan fingerprint density at radius 1 is 1.67 bits per heavy atom. The van der Waals surface area contributed by atoms with Gasteiger partial charge in [0.2, 0.25) is 5.91 Å². The highest BCUT2D eigenvalue weighted by Gasteiger charge is 2.24. The Kier molecular flexibility index (Phi) is 4.16. The Hall–Kier alpha value is -1.01. The maximum Gasteiger partial charge on any atom is 0.256 e. The second-order valence-electron chi connectivity index (χ2n) is 3.55. The number of nitrogens with one attached hydrogen (secondary N) is 1. The van der Waals surface area contributed by atoms with E-state index in [1.807, 2.05) is 20.8 Å². The van der Waals surface area contributed by atoms with Gasteiger partial charge in [-0.05, 0) is 12.8 Å². The zero-order chi connectivity index (χ0) is 11.4. The van der Waals surface area contributed by atoms with Crippen LogP contribution in [0, 0.1) is 12.8 Å². The van der Waals surface area contributed by atoms with Gasteiger partial charge < -0.3 is 4.42 Å². The van der Waals surface area contributed by atoms with E-state index in [1.165, 1.54) is 11.8 Å². The van der Waals surface area contributed by atoms with Crippen LogP contribution in [-0.4, -0.2) is 16.1 Å². The quantitative estimate of drug-likeness (QED) is 0.349. The number of amides is 1. The Bertz CT molecular complexity index is 338. The predicted molar refractivity (Wildman–Crippen MR) is 58.1 cm³/mol. The minimum absolute atomic E-state index is 0.158. The molecule has 0 aliphatic heterocycles. The van der Waals surface area contributed by atoms with E-state index in [9.17, 15) is 4.79 Å². The summed E-state index contributed by atoms with van der Waals surface area (Å²) in [5.74, 6) is 5.05. The van der Waals surface area contributed by atoms with Gasteiger partial charge in [-0.15, -0.1) is 0 Å². The molecule has 1 amide bonds. The molecule has 1 rings (SSSR count). The summed E-state index contributed by atoms with van der Waals surface area (Å²) in [6.45, 7) is 5.73. The van der Waals surface area contributed by atoms with Gasteiger partial charge in [0.25, 0.3) is 5.22 Å². The van der Waals surface area contributed by atoms with Crippen LogP contribution in [0.3, 0.4) is 0 Å². The van der Waals surface area contributed by atoms with Crippen LogP contribution in [0.2, 0.25) is 0 Å². The van der Waals surface area contributed by atoms with E-state index in [0.717, 1.165) is 5.69 Å². The van der Waals surface area contributed by atoms with Gasteiger partial charge in [0, 0.05) is 0 Å². The topological polar surface area (TPSA) is 81.2 Å². The lowest BCUT2D eigenvalue weighted by atomic mass is 10.1. The molecule has 1 aromatic rings. The van der Waals surface area contributed by atoms with Crippen molar-refractivity contribution in [1.29, 1.82) is 0 Å². The maximum atomic E-state index is 11.4. The summed E-state index contributed by atoms with van der Waals surface area (Å²) in [5.41, 5.74) is 2.94. The largest absolute Gasteiger partial charge is 0.440 e. The molecule has 5 nitrogen and oxygen atoms in total. The molecule has 1 aromatic heterocycles. The maximum absolute atomic E-state index is 11.4. The number of carbonyl (C=O) groups is 1. The van der Waals surface area contributed by atoms with Crippen molar-refractivity contribution >= 4 is 17.7 Å². The summed E-state index contributed by atoms with van der Waals surface area (Å²) in [6, 6.07) is 0. The first kappa shape index (κ1) is 12.1. The number of hydrogen-bond acceptors (Lipinski definition) is 5. The van der Waals surface area contributed by atoms with Crippen LogP contribution in [0.1, 0.15) is 19.5 Å². The first-order valence-corrected chi connectivity index (χ1v) is 5.51. The molecule has 3 N–H and O–H groups in total. The molecule has 0 saturated heterocycles. The smallest absolute Gasteiger partial charge is 0.256 e. The van der Waals surface area contributed by atoms with Crippen molar-refractivity contribution in [3.63, 3.8) is 0 Å². The SMILES string of the molecule is Cc1coc(SC(C(=O)NN)C(C)C)n1. The standard InChI is InChI=1S/C9H15N3O2S/c1-5(2)7(8(13)12-10)15-9-11-6(3)4-14-9/h4-5,7H,10H2,1-3H3,(H,12,13). The van der Waals surface area contributed by atoms with Gasteiger partial charge in [0.05, 0.1) is 10.9 Å². The molecule has 0 radical (unpaired) electrons. The van der Waals surface area contributed by atoms with Crippen molar-refractivity contribution in [2.75, 3.05) is 0 Å². The molecule has 0 aliphatic carbocycles. The van der Waals surface area contributed by atoms with E-state index in [0.29, 0.717) is 5.22 Å². The molecule has 84 valence electrons. The average molecular weight is 229 g/mol. The Balaban J connectivity index is 2.71. The number of nitrogens with two attached hydrogens (primary N) is 1. The molecule has 1 atom stereocenters. The van der Waals surface area contributed by atoms with Crippen LogP contribution in [0.4, 0.5) is 0 Å². The number of aryl methyl sites for hydroxylation is 1. The van der Waals surface area contributed by atoms with Crippen LogP contribution in [-0.2, 0) is 4.79 Å². The summed E-state index contributed by atoms with van der Waals surface area (Å²) < 4.78 is 5.17. The van der Waals surface area contributed by atoms with Crippen LogP contribution < -0.4 is 11.3 Å². The van der Waals surface area contributed by atoms with Crippen molar-refractivity contribution in [3.8, 4) is 0 Å². The summed E-state index contributed by atoms with van der Waals surface area (Å²) >= 11 is 1.28. The fourth-order valence-electron chi connectivity index (χ4n) is 1.07. The highest BCUT2D eigenvalue weighted by Crippen LogP contribution is 2.27. The van der Waals surface area contributed by atoms with Crippen molar-refractivity contribution in [3.05, 3.63) is 12.0 Å². The lowest BCUT2D eigenvalue weighted by molar-refractivity contribution is -0.121. The van der Waals surface area contributed by atoms with Gasteiger partial charge in [0.1, 0.15) is 6.26 Å². The molecular formula is C9H15N3O2S. The van der Waals surface area contributed by atoms with Crippen LogP contribution in [0.5, 0.6) is 0 Å². The van der Waals surface area contributed by atoms with E-state index < -0.39 is 0 Å². The third-order valence-electron chi connectivity index (χ3n) is 1.83. The highest BCUT2D eigenvalue weighted by molar-refractivity contribution is 8.00. The average Bonchev–Trinajstić information content (AvgIpc) is 2.59. The zero-order valence-corrected chi connectivity index (χ0v) is 9.80. The lowest BCUT2D eigenvalue weighted by Gasteiger charge is -2.15. The second kappa shape index (κ2) is 5.18. The Morgan fingerprint density at radius 2 is 2.33 bits per heavy atom.